The van der Waals surface area contributed by atoms with E-state index in [2.05, 4.69) is 9.88 Å². The third-order valence-corrected chi connectivity index (χ3v) is 8.39. The fourth-order valence-corrected chi connectivity index (χ4v) is 6.49. The van der Waals surface area contributed by atoms with Crippen LogP contribution in [0.15, 0.2) is 24.4 Å². The first-order valence-electron chi connectivity index (χ1n) is 13.0. The normalized spacial score (nSPS) is 29.0. The number of hydrogen-bond donors (Lipinski definition) is 1. The highest BCUT2D eigenvalue weighted by atomic mass is 19.4. The molecule has 2 atom stereocenters. The number of carbonyl (C=O) groups is 1. The average Bonchev–Trinajstić information content (AvgIpc) is 2.83. The number of alkyl halides is 5. The van der Waals surface area contributed by atoms with Crippen molar-refractivity contribution < 1.29 is 36.6 Å². The first kappa shape index (κ1) is 26.1. The summed E-state index contributed by atoms with van der Waals surface area (Å²) in [6.45, 7) is 0.463. The number of carboxylic acids is 1. The average molecular weight is 527 g/mol. The summed E-state index contributed by atoms with van der Waals surface area (Å²) in [5.41, 5.74) is -0.246. The fourth-order valence-electron chi connectivity index (χ4n) is 6.49. The molecule has 2 unspecified atom stereocenters. The summed E-state index contributed by atoms with van der Waals surface area (Å²) in [5, 5.41) is 9.82. The van der Waals surface area contributed by atoms with Gasteiger partial charge in [-0.15, -0.1) is 0 Å². The van der Waals surface area contributed by atoms with E-state index in [1.54, 1.807) is 12.1 Å². The first-order chi connectivity index (χ1) is 17.6. The number of benzene rings is 1. The van der Waals surface area contributed by atoms with Crippen molar-refractivity contribution in [3.8, 4) is 5.75 Å². The smallest absolute Gasteiger partial charge is 0.420 e. The predicted octanol–water partition coefficient (Wildman–Crippen LogP) is 6.67. The maximum absolute atomic E-state index is 14.2. The Bertz CT molecular complexity index is 1120. The zero-order valence-electron chi connectivity index (χ0n) is 20.4. The van der Waals surface area contributed by atoms with Crippen molar-refractivity contribution in [2.45, 2.75) is 95.1 Å². The molecule has 1 aromatic heterocycles. The second-order valence-corrected chi connectivity index (χ2v) is 10.7. The van der Waals surface area contributed by atoms with Gasteiger partial charge in [0.1, 0.15) is 11.3 Å². The van der Waals surface area contributed by atoms with Gasteiger partial charge in [0.25, 0.3) is 0 Å². The highest BCUT2D eigenvalue weighted by molar-refractivity contribution is 5.88. The molecule has 1 N–H and O–H groups in total. The van der Waals surface area contributed by atoms with Crippen LogP contribution in [0.3, 0.4) is 0 Å². The van der Waals surface area contributed by atoms with Crippen LogP contribution in [-0.4, -0.2) is 45.6 Å². The summed E-state index contributed by atoms with van der Waals surface area (Å²) < 4.78 is 74.1. The molecular formula is C27H31F5N2O3. The van der Waals surface area contributed by atoms with E-state index in [0.717, 1.165) is 19.3 Å². The lowest BCUT2D eigenvalue weighted by Gasteiger charge is -2.48. The molecule has 5 nitrogen and oxygen atoms in total. The Labute approximate surface area is 212 Å². The Morgan fingerprint density at radius 2 is 1.76 bits per heavy atom. The minimum Gasteiger partial charge on any atom is -0.490 e. The largest absolute Gasteiger partial charge is 0.490 e. The summed E-state index contributed by atoms with van der Waals surface area (Å²) in [6, 6.07) is 4.84. The molecule has 0 amide bonds. The van der Waals surface area contributed by atoms with Gasteiger partial charge >= 0.3 is 12.1 Å². The van der Waals surface area contributed by atoms with Gasteiger partial charge in [0.15, 0.2) is 0 Å². The second-order valence-electron chi connectivity index (χ2n) is 10.7. The zero-order chi connectivity index (χ0) is 26.3. The Morgan fingerprint density at radius 1 is 1.08 bits per heavy atom. The van der Waals surface area contributed by atoms with Crippen LogP contribution in [0.25, 0.3) is 10.8 Å². The third kappa shape index (κ3) is 5.54. The number of ether oxygens (including phenoxy) is 1. The van der Waals surface area contributed by atoms with Crippen LogP contribution in [0.2, 0.25) is 0 Å². The SMILES string of the molecule is O=C(O)C1CC2CCCC(C1)N2Cc1cc2ccc(OC3CCC(C(F)F)CC3)c(C(F)(F)F)c2cn1. The Balaban J connectivity index is 1.37. The molecule has 3 fully saturated rings. The molecular weight excluding hydrogens is 495 g/mol. The summed E-state index contributed by atoms with van der Waals surface area (Å²) in [5.74, 6) is -2.13. The van der Waals surface area contributed by atoms with E-state index in [1.165, 1.54) is 12.3 Å². The van der Waals surface area contributed by atoms with Crippen molar-refractivity contribution in [2.75, 3.05) is 0 Å². The van der Waals surface area contributed by atoms with Crippen LogP contribution in [0.5, 0.6) is 5.75 Å². The molecule has 2 aliphatic heterocycles. The second kappa shape index (κ2) is 10.3. The van der Waals surface area contributed by atoms with E-state index in [9.17, 15) is 31.9 Å². The van der Waals surface area contributed by atoms with Gasteiger partial charge in [-0.1, -0.05) is 12.5 Å². The number of aromatic nitrogens is 1. The lowest BCUT2D eigenvalue weighted by molar-refractivity contribution is -0.146. The molecule has 37 heavy (non-hydrogen) atoms. The quantitative estimate of drug-likeness (QED) is 0.426. The molecule has 1 aliphatic carbocycles. The van der Waals surface area contributed by atoms with E-state index >= 15 is 0 Å². The maximum atomic E-state index is 14.2. The van der Waals surface area contributed by atoms with Crippen molar-refractivity contribution in [1.29, 1.82) is 0 Å². The number of carboxylic acid groups (broad SMARTS) is 1. The van der Waals surface area contributed by atoms with E-state index in [1.807, 2.05) is 0 Å². The van der Waals surface area contributed by atoms with Crippen LogP contribution >= 0.6 is 0 Å². The summed E-state index contributed by atoms with van der Waals surface area (Å²) in [7, 11) is 0. The summed E-state index contributed by atoms with van der Waals surface area (Å²) >= 11 is 0. The predicted molar refractivity (Wildman–Crippen MR) is 126 cm³/mol. The van der Waals surface area contributed by atoms with Gasteiger partial charge in [-0.3, -0.25) is 14.7 Å². The van der Waals surface area contributed by atoms with Crippen LogP contribution in [0.4, 0.5) is 22.0 Å². The monoisotopic (exact) mass is 526 g/mol. The number of fused-ring (bicyclic) bond motifs is 3. The highest BCUT2D eigenvalue weighted by Gasteiger charge is 2.41. The first-order valence-corrected chi connectivity index (χ1v) is 13.0. The van der Waals surface area contributed by atoms with Gasteiger partial charge in [-0.05, 0) is 68.9 Å². The lowest BCUT2D eigenvalue weighted by Crippen LogP contribution is -2.52. The van der Waals surface area contributed by atoms with Gasteiger partial charge in [-0.25, -0.2) is 8.78 Å². The maximum Gasteiger partial charge on any atom is 0.420 e. The molecule has 3 aliphatic rings. The Hall–Kier alpha value is -2.49. The Morgan fingerprint density at radius 3 is 2.35 bits per heavy atom. The number of piperidine rings is 2. The van der Waals surface area contributed by atoms with E-state index in [-0.39, 0.29) is 42.0 Å². The van der Waals surface area contributed by atoms with Crippen LogP contribution in [0.1, 0.15) is 69.0 Å². The van der Waals surface area contributed by atoms with Crippen molar-refractivity contribution in [1.82, 2.24) is 9.88 Å². The van der Waals surface area contributed by atoms with E-state index in [4.69, 9.17) is 4.74 Å². The van der Waals surface area contributed by atoms with Gasteiger partial charge in [-0.2, -0.15) is 13.2 Å². The van der Waals surface area contributed by atoms with Crippen LogP contribution in [-0.2, 0) is 17.5 Å². The molecule has 0 spiro atoms. The number of rotatable bonds is 6. The zero-order valence-corrected chi connectivity index (χ0v) is 20.4. The number of halogens is 5. The molecule has 10 heteroatoms. The lowest BCUT2D eigenvalue weighted by atomic mass is 9.78. The number of nitrogens with zero attached hydrogens (tertiary/aromatic N) is 2. The molecule has 3 heterocycles. The van der Waals surface area contributed by atoms with Gasteiger partial charge < -0.3 is 9.84 Å². The van der Waals surface area contributed by atoms with Gasteiger partial charge in [0, 0.05) is 36.1 Å². The van der Waals surface area contributed by atoms with Crippen molar-refractivity contribution in [3.05, 3.63) is 35.7 Å². The standard InChI is InChI=1S/C27H31F5N2O3/c28-25(29)15-4-7-21(8-5-15)37-23-9-6-16-10-18(33-13-22(16)24(23)27(30,31)32)14-34-19-2-1-3-20(34)12-17(11-19)26(35)36/h6,9-10,13,15,17,19-21,25H,1-5,7-8,11-12,14H2,(H,35,36). The van der Waals surface area contributed by atoms with Crippen LogP contribution in [0, 0.1) is 11.8 Å². The molecule has 5 rings (SSSR count). The minimum atomic E-state index is -4.67. The molecule has 0 radical (unpaired) electrons. The van der Waals surface area contributed by atoms with Crippen LogP contribution < -0.4 is 4.74 Å². The molecule has 2 saturated heterocycles. The number of pyridine rings is 1. The fraction of sp³-hybridized carbons (Fsp3) is 0.630. The minimum absolute atomic E-state index is 0.0557. The topological polar surface area (TPSA) is 62.7 Å². The summed E-state index contributed by atoms with van der Waals surface area (Å²) in [4.78, 5) is 18.2. The molecule has 1 aromatic carbocycles. The van der Waals surface area contributed by atoms with Gasteiger partial charge in [0.2, 0.25) is 6.43 Å². The van der Waals surface area contributed by atoms with Gasteiger partial charge in [0.05, 0.1) is 17.7 Å². The third-order valence-electron chi connectivity index (χ3n) is 8.39. The van der Waals surface area contributed by atoms with Crippen molar-refractivity contribution in [3.63, 3.8) is 0 Å². The number of aliphatic carboxylic acids is 1. The van der Waals surface area contributed by atoms with Crippen molar-refractivity contribution >= 4 is 16.7 Å². The van der Waals surface area contributed by atoms with E-state index < -0.39 is 36.2 Å². The van der Waals surface area contributed by atoms with E-state index in [0.29, 0.717) is 43.3 Å². The van der Waals surface area contributed by atoms with Crippen molar-refractivity contribution in [2.24, 2.45) is 11.8 Å². The molecule has 1 saturated carbocycles. The molecule has 2 aromatic rings. The molecule has 2 bridgehead atoms. The molecule has 202 valence electrons. The summed E-state index contributed by atoms with van der Waals surface area (Å²) in [6.07, 6.45) is -1.31. The Kier molecular flexibility index (Phi) is 7.31. The highest BCUT2D eigenvalue weighted by Crippen LogP contribution is 2.43. The number of hydrogen-bond acceptors (Lipinski definition) is 4.